The van der Waals surface area contributed by atoms with Gasteiger partial charge in [0.25, 0.3) is 0 Å². The van der Waals surface area contributed by atoms with Crippen molar-refractivity contribution < 1.29 is 21.6 Å². The molecule has 0 unspecified atom stereocenters. The Balaban J connectivity index is 3.02. The molecule has 0 bridgehead atoms. The van der Waals surface area contributed by atoms with Crippen LogP contribution in [0.4, 0.5) is 13.2 Å². The molecule has 0 spiro atoms. The molecule has 10 heteroatoms. The van der Waals surface area contributed by atoms with Gasteiger partial charge in [0, 0.05) is 18.6 Å². The van der Waals surface area contributed by atoms with Gasteiger partial charge in [-0.15, -0.1) is 0 Å². The van der Waals surface area contributed by atoms with Gasteiger partial charge in [0.15, 0.2) is 0 Å². The molecular formula is C11H11BrF3N3O2S. The van der Waals surface area contributed by atoms with Gasteiger partial charge in [-0.05, 0) is 40.5 Å². The number of fused-ring (bicyclic) bond motifs is 1. The number of aryl methyl sites for hydroxylation is 1. The molecule has 0 saturated heterocycles. The quantitative estimate of drug-likeness (QED) is 0.798. The molecule has 2 aromatic rings. The fraction of sp³-hybridized carbons (Fsp3) is 0.364. The maximum atomic E-state index is 13.1. The lowest BCUT2D eigenvalue weighted by atomic mass is 10.2. The minimum atomic E-state index is -4.89. The molecule has 0 radical (unpaired) electrons. The van der Waals surface area contributed by atoms with Gasteiger partial charge in [-0.3, -0.25) is 0 Å². The van der Waals surface area contributed by atoms with Gasteiger partial charge in [0.1, 0.15) is 5.52 Å². The average molecular weight is 386 g/mol. The van der Waals surface area contributed by atoms with E-state index in [1.165, 1.54) is 6.07 Å². The second-order valence-electron chi connectivity index (χ2n) is 4.60. The molecule has 1 aromatic carbocycles. The van der Waals surface area contributed by atoms with E-state index in [1.807, 2.05) is 0 Å². The van der Waals surface area contributed by atoms with Crippen molar-refractivity contribution in [3.05, 3.63) is 28.0 Å². The Morgan fingerprint density at radius 1 is 1.29 bits per heavy atom. The van der Waals surface area contributed by atoms with Crippen LogP contribution in [-0.4, -0.2) is 35.8 Å². The summed E-state index contributed by atoms with van der Waals surface area (Å²) < 4.78 is 65.1. The summed E-state index contributed by atoms with van der Waals surface area (Å²) in [6.07, 6.45) is -4.89. The van der Waals surface area contributed by atoms with E-state index < -0.39 is 22.2 Å². The summed E-state index contributed by atoms with van der Waals surface area (Å²) in [6, 6.07) is 2.92. The Kier molecular flexibility index (Phi) is 3.83. The molecule has 0 N–H and O–H groups in total. The lowest BCUT2D eigenvalue weighted by Crippen LogP contribution is -2.32. The SMILES string of the molecule is Cc1cc(Br)c2nc(C(F)(F)F)n(S(=O)(=O)N(C)C)c2c1. The number of hydrogen-bond donors (Lipinski definition) is 0. The molecule has 0 saturated carbocycles. The number of rotatable bonds is 2. The van der Waals surface area contributed by atoms with Crippen molar-refractivity contribution >= 4 is 37.2 Å². The maximum Gasteiger partial charge on any atom is 0.450 e. The Labute approximate surface area is 127 Å². The van der Waals surface area contributed by atoms with Gasteiger partial charge in [-0.1, -0.05) is 0 Å². The predicted molar refractivity (Wildman–Crippen MR) is 75.2 cm³/mol. The first-order valence-electron chi connectivity index (χ1n) is 5.65. The molecule has 5 nitrogen and oxygen atoms in total. The molecule has 2 rings (SSSR count). The van der Waals surface area contributed by atoms with Crippen molar-refractivity contribution in [3.8, 4) is 0 Å². The van der Waals surface area contributed by atoms with Gasteiger partial charge in [0.2, 0.25) is 5.82 Å². The summed E-state index contributed by atoms with van der Waals surface area (Å²) in [5.74, 6) is -1.47. The van der Waals surface area contributed by atoms with E-state index in [0.717, 1.165) is 14.1 Å². The Morgan fingerprint density at radius 3 is 2.33 bits per heavy atom. The number of aromatic nitrogens is 2. The highest BCUT2D eigenvalue weighted by Crippen LogP contribution is 2.35. The highest BCUT2D eigenvalue weighted by atomic mass is 79.9. The number of benzene rings is 1. The second-order valence-corrected chi connectivity index (χ2v) is 7.45. The van der Waals surface area contributed by atoms with Gasteiger partial charge >= 0.3 is 16.4 Å². The number of nitrogens with zero attached hydrogens (tertiary/aromatic N) is 3. The summed E-state index contributed by atoms with van der Waals surface area (Å²) in [6.45, 7) is 1.65. The average Bonchev–Trinajstić information content (AvgIpc) is 2.68. The predicted octanol–water partition coefficient (Wildman–Crippen LogP) is 2.78. The molecule has 116 valence electrons. The zero-order valence-corrected chi connectivity index (χ0v) is 13.6. The normalized spacial score (nSPS) is 13.3. The summed E-state index contributed by atoms with van der Waals surface area (Å²) in [5.41, 5.74) is 0.430. The maximum absolute atomic E-state index is 13.1. The van der Waals surface area contributed by atoms with Crippen molar-refractivity contribution in [2.45, 2.75) is 13.1 Å². The zero-order chi connectivity index (χ0) is 16.2. The molecule has 1 aromatic heterocycles. The first kappa shape index (κ1) is 16.2. The van der Waals surface area contributed by atoms with Gasteiger partial charge < -0.3 is 0 Å². The highest BCUT2D eigenvalue weighted by molar-refractivity contribution is 9.10. The van der Waals surface area contributed by atoms with Crippen LogP contribution in [0.15, 0.2) is 16.6 Å². The molecule has 0 atom stereocenters. The topological polar surface area (TPSA) is 55.2 Å². The summed E-state index contributed by atoms with van der Waals surface area (Å²) in [7, 11) is -2.04. The van der Waals surface area contributed by atoms with E-state index in [-0.39, 0.29) is 15.0 Å². The molecule has 0 amide bonds. The molecular weight excluding hydrogens is 375 g/mol. The van der Waals surface area contributed by atoms with E-state index in [0.29, 0.717) is 14.3 Å². The minimum Gasteiger partial charge on any atom is -0.222 e. The van der Waals surface area contributed by atoms with E-state index in [4.69, 9.17) is 0 Å². The van der Waals surface area contributed by atoms with E-state index in [2.05, 4.69) is 20.9 Å². The van der Waals surface area contributed by atoms with Crippen LogP contribution in [0.1, 0.15) is 11.4 Å². The Morgan fingerprint density at radius 2 is 1.86 bits per heavy atom. The van der Waals surface area contributed by atoms with E-state index >= 15 is 0 Å². The third kappa shape index (κ3) is 2.67. The second kappa shape index (κ2) is 4.96. The van der Waals surface area contributed by atoms with Crippen LogP contribution in [0.25, 0.3) is 11.0 Å². The van der Waals surface area contributed by atoms with Crippen molar-refractivity contribution in [1.82, 2.24) is 13.3 Å². The number of hydrogen-bond acceptors (Lipinski definition) is 3. The van der Waals surface area contributed by atoms with Crippen molar-refractivity contribution in [2.75, 3.05) is 14.1 Å². The van der Waals surface area contributed by atoms with Crippen LogP contribution in [0.2, 0.25) is 0 Å². The van der Waals surface area contributed by atoms with E-state index in [1.54, 1.807) is 13.0 Å². The van der Waals surface area contributed by atoms with Crippen LogP contribution < -0.4 is 0 Å². The summed E-state index contributed by atoms with van der Waals surface area (Å²) in [5, 5.41) is 0. The number of alkyl halides is 3. The zero-order valence-electron chi connectivity index (χ0n) is 11.2. The number of halogens is 4. The lowest BCUT2D eigenvalue weighted by molar-refractivity contribution is -0.145. The molecule has 0 fully saturated rings. The highest BCUT2D eigenvalue weighted by Gasteiger charge is 2.41. The van der Waals surface area contributed by atoms with E-state index in [9.17, 15) is 21.6 Å². The largest absolute Gasteiger partial charge is 0.450 e. The Hall–Kier alpha value is -1.13. The van der Waals surface area contributed by atoms with Crippen molar-refractivity contribution in [3.63, 3.8) is 0 Å². The summed E-state index contributed by atoms with van der Waals surface area (Å²) in [4.78, 5) is 3.46. The third-order valence-electron chi connectivity index (χ3n) is 2.76. The van der Waals surface area contributed by atoms with Crippen LogP contribution in [0.5, 0.6) is 0 Å². The third-order valence-corrected chi connectivity index (χ3v) is 5.12. The fourth-order valence-electron chi connectivity index (χ4n) is 1.82. The van der Waals surface area contributed by atoms with Gasteiger partial charge in [-0.25, -0.2) is 8.96 Å². The van der Waals surface area contributed by atoms with Crippen LogP contribution in [0.3, 0.4) is 0 Å². The lowest BCUT2D eigenvalue weighted by Gasteiger charge is -2.16. The summed E-state index contributed by atoms with van der Waals surface area (Å²) >= 11 is 3.11. The molecule has 0 aliphatic rings. The van der Waals surface area contributed by atoms with Crippen LogP contribution in [0, 0.1) is 6.92 Å². The number of imidazole rings is 1. The van der Waals surface area contributed by atoms with Crippen LogP contribution >= 0.6 is 15.9 Å². The monoisotopic (exact) mass is 385 g/mol. The van der Waals surface area contributed by atoms with Crippen molar-refractivity contribution in [1.29, 1.82) is 0 Å². The molecule has 21 heavy (non-hydrogen) atoms. The first-order chi connectivity index (χ1) is 9.46. The fourth-order valence-corrected chi connectivity index (χ4v) is 3.55. The standard InChI is InChI=1S/C11H11BrF3N3O2S/c1-6-4-7(12)9-8(5-6)18(21(19,20)17(2)3)10(16-9)11(13,14)15/h4-5H,1-3H3. The molecule has 1 heterocycles. The van der Waals surface area contributed by atoms with Crippen molar-refractivity contribution in [2.24, 2.45) is 0 Å². The first-order valence-corrected chi connectivity index (χ1v) is 7.84. The van der Waals surface area contributed by atoms with Gasteiger partial charge in [0.05, 0.1) is 5.52 Å². The smallest absolute Gasteiger partial charge is 0.222 e. The van der Waals surface area contributed by atoms with Crippen LogP contribution in [-0.2, 0) is 16.4 Å². The molecule has 0 aliphatic heterocycles. The van der Waals surface area contributed by atoms with Gasteiger partial charge in [-0.2, -0.15) is 25.9 Å². The molecule has 0 aliphatic carbocycles. The minimum absolute atomic E-state index is 0.0571. The Bertz CT molecular complexity index is 812.